The van der Waals surface area contributed by atoms with Crippen molar-refractivity contribution in [2.75, 3.05) is 33.8 Å². The molecule has 1 atom stereocenters. The summed E-state index contributed by atoms with van der Waals surface area (Å²) in [4.78, 5) is 4.81. The fourth-order valence-corrected chi connectivity index (χ4v) is 5.02. The van der Waals surface area contributed by atoms with Crippen molar-refractivity contribution in [1.29, 1.82) is 0 Å². The lowest BCUT2D eigenvalue weighted by molar-refractivity contribution is -0.815. The van der Waals surface area contributed by atoms with Gasteiger partial charge < -0.3 is 4.55 Å². The van der Waals surface area contributed by atoms with Crippen LogP contribution < -0.4 is 0 Å². The number of rotatable bonds is 23. The van der Waals surface area contributed by atoms with E-state index in [2.05, 4.69) is 37.2 Å². The molecule has 0 aromatic rings. The first kappa shape index (κ1) is 36.2. The molecule has 0 aromatic heterocycles. The second kappa shape index (κ2) is 24.3. The van der Waals surface area contributed by atoms with Gasteiger partial charge in [-0.25, -0.2) is 13.4 Å². The van der Waals surface area contributed by atoms with Crippen molar-refractivity contribution in [3.8, 4) is 0 Å². The Morgan fingerprint density at radius 2 is 1.22 bits per heavy atom. The number of unbranched alkanes of at least 4 members (excludes halogenated alkanes) is 16. The number of aliphatic imine (C=N–C) groups is 1. The minimum Gasteiger partial charge on any atom is -0.726 e. The van der Waals surface area contributed by atoms with Crippen molar-refractivity contribution >= 4 is 16.2 Å². The molecular formula is C30H60N2O4S. The first-order valence-electron chi connectivity index (χ1n) is 15.3. The van der Waals surface area contributed by atoms with Gasteiger partial charge in [0, 0.05) is 6.42 Å². The van der Waals surface area contributed by atoms with Gasteiger partial charge >= 0.3 is 0 Å². The molecule has 0 aliphatic carbocycles. The molecule has 0 fully saturated rings. The Hall–Kier alpha value is -0.760. The number of allylic oxidation sites excluding steroid dienone is 2. The zero-order valence-electron chi connectivity index (χ0n) is 24.9. The van der Waals surface area contributed by atoms with E-state index in [9.17, 15) is 13.0 Å². The van der Waals surface area contributed by atoms with Gasteiger partial charge in [0.15, 0.2) is 5.84 Å². The van der Waals surface area contributed by atoms with Crippen molar-refractivity contribution in [1.82, 2.24) is 0 Å². The number of hydrogen-bond acceptors (Lipinski definition) is 5. The van der Waals surface area contributed by atoms with Crippen molar-refractivity contribution in [3.63, 3.8) is 0 Å². The Balaban J connectivity index is 0.00000192. The van der Waals surface area contributed by atoms with Crippen LogP contribution in [0.3, 0.4) is 0 Å². The monoisotopic (exact) mass is 544 g/mol. The maximum atomic E-state index is 9.22. The van der Waals surface area contributed by atoms with Gasteiger partial charge in [-0.2, -0.15) is 0 Å². The van der Waals surface area contributed by atoms with Crippen LogP contribution in [0.1, 0.15) is 142 Å². The minimum absolute atomic E-state index is 0.808. The van der Waals surface area contributed by atoms with E-state index in [0.717, 1.165) is 18.1 Å². The smallest absolute Gasteiger partial charge is 0.217 e. The highest BCUT2D eigenvalue weighted by Crippen LogP contribution is 2.19. The summed E-state index contributed by atoms with van der Waals surface area (Å²) in [6.45, 7) is 8.16. The largest absolute Gasteiger partial charge is 0.726 e. The Kier molecular flexibility index (Phi) is 23.8. The fourth-order valence-electron chi connectivity index (χ4n) is 5.02. The number of likely N-dealkylation sites (N-methyl/N-ethyl adjacent to an activating group) is 1. The van der Waals surface area contributed by atoms with Gasteiger partial charge in [0.05, 0.1) is 27.2 Å². The van der Waals surface area contributed by atoms with Crippen molar-refractivity contribution in [3.05, 3.63) is 12.2 Å². The molecule has 1 aliphatic rings. The molecule has 6 nitrogen and oxygen atoms in total. The topological polar surface area (TPSA) is 78.8 Å². The van der Waals surface area contributed by atoms with E-state index in [1.54, 1.807) is 0 Å². The van der Waals surface area contributed by atoms with Crippen LogP contribution in [0.25, 0.3) is 0 Å². The first-order valence-corrected chi connectivity index (χ1v) is 16.7. The predicted molar refractivity (Wildman–Crippen MR) is 158 cm³/mol. The fraction of sp³-hybridized carbons (Fsp3) is 0.900. The normalized spacial score (nSPS) is 17.7. The van der Waals surface area contributed by atoms with Gasteiger partial charge in [0.25, 0.3) is 0 Å². The molecule has 1 unspecified atom stereocenters. The summed E-state index contributed by atoms with van der Waals surface area (Å²) in [7, 11) is -1.21. The third-order valence-electron chi connectivity index (χ3n) is 7.34. The average molecular weight is 545 g/mol. The quantitative estimate of drug-likeness (QED) is 0.0426. The van der Waals surface area contributed by atoms with Crippen LogP contribution >= 0.6 is 0 Å². The summed E-state index contributed by atoms with van der Waals surface area (Å²) in [5.41, 5.74) is 0. The molecule has 0 saturated heterocycles. The van der Waals surface area contributed by atoms with Crippen molar-refractivity contribution < 1.29 is 21.6 Å². The van der Waals surface area contributed by atoms with E-state index in [-0.39, 0.29) is 0 Å². The zero-order chi connectivity index (χ0) is 27.7. The van der Waals surface area contributed by atoms with Crippen LogP contribution in [0, 0.1) is 0 Å². The highest BCUT2D eigenvalue weighted by molar-refractivity contribution is 7.80. The van der Waals surface area contributed by atoms with Gasteiger partial charge in [0.2, 0.25) is 10.4 Å². The van der Waals surface area contributed by atoms with Gasteiger partial charge in [-0.3, -0.25) is 8.67 Å². The van der Waals surface area contributed by atoms with Crippen LogP contribution in [0.5, 0.6) is 0 Å². The lowest BCUT2D eigenvalue weighted by Crippen LogP contribution is -2.47. The SMILES string of the molecule is CCCCCCCC/C=C\CCCCCCCCCCCCC1=NCC[N+]1(C)CCC.COS(=O)(=O)[O-]. The molecule has 0 saturated carbocycles. The Labute approximate surface area is 230 Å². The number of amidine groups is 1. The molecule has 0 spiro atoms. The highest BCUT2D eigenvalue weighted by atomic mass is 32.3. The summed E-state index contributed by atoms with van der Waals surface area (Å²) in [5.74, 6) is 1.49. The molecule has 0 radical (unpaired) electrons. The summed E-state index contributed by atoms with van der Waals surface area (Å²) in [5, 5.41) is 0. The van der Waals surface area contributed by atoms with Crippen LogP contribution in [0.4, 0.5) is 0 Å². The lowest BCUT2D eigenvalue weighted by atomic mass is 10.0. The summed E-state index contributed by atoms with van der Waals surface area (Å²) < 4.78 is 32.2. The van der Waals surface area contributed by atoms with Crippen LogP contribution in [-0.4, -0.2) is 57.1 Å². The average Bonchev–Trinajstić information content (AvgIpc) is 3.22. The van der Waals surface area contributed by atoms with Gasteiger partial charge in [0.1, 0.15) is 6.54 Å². The van der Waals surface area contributed by atoms with E-state index in [0.29, 0.717) is 0 Å². The van der Waals surface area contributed by atoms with Crippen LogP contribution in [0.2, 0.25) is 0 Å². The lowest BCUT2D eigenvalue weighted by Gasteiger charge is -2.29. The predicted octanol–water partition coefficient (Wildman–Crippen LogP) is 8.34. The van der Waals surface area contributed by atoms with E-state index in [1.807, 2.05) is 0 Å². The molecule has 220 valence electrons. The van der Waals surface area contributed by atoms with Crippen molar-refractivity contribution in [2.24, 2.45) is 4.99 Å². The third kappa shape index (κ3) is 22.9. The minimum atomic E-state index is -4.41. The molecular weight excluding hydrogens is 484 g/mol. The molecule has 1 aliphatic heterocycles. The molecule has 0 amide bonds. The molecule has 1 rings (SSSR count). The number of hydrogen-bond donors (Lipinski definition) is 0. The molecule has 0 aromatic carbocycles. The molecule has 37 heavy (non-hydrogen) atoms. The van der Waals surface area contributed by atoms with E-state index in [1.165, 1.54) is 147 Å². The molecule has 0 N–H and O–H groups in total. The van der Waals surface area contributed by atoms with E-state index >= 15 is 0 Å². The second-order valence-electron chi connectivity index (χ2n) is 10.8. The van der Waals surface area contributed by atoms with Gasteiger partial charge in [-0.15, -0.1) is 0 Å². The maximum Gasteiger partial charge on any atom is 0.217 e. The maximum absolute atomic E-state index is 9.22. The Bertz CT molecular complexity index is 679. The summed E-state index contributed by atoms with van der Waals surface area (Å²) in [6.07, 6.45) is 32.7. The number of quaternary nitrogens is 1. The summed E-state index contributed by atoms with van der Waals surface area (Å²) in [6, 6.07) is 0. The zero-order valence-corrected chi connectivity index (χ0v) is 25.7. The van der Waals surface area contributed by atoms with Gasteiger partial charge in [-0.05, 0) is 38.5 Å². The second-order valence-corrected chi connectivity index (χ2v) is 12.0. The molecule has 1 heterocycles. The van der Waals surface area contributed by atoms with Crippen LogP contribution in [-0.2, 0) is 14.6 Å². The van der Waals surface area contributed by atoms with E-state index in [4.69, 9.17) is 4.99 Å². The first-order chi connectivity index (χ1) is 17.8. The van der Waals surface area contributed by atoms with E-state index < -0.39 is 10.4 Å². The Morgan fingerprint density at radius 1 is 0.784 bits per heavy atom. The number of nitrogens with zero attached hydrogens (tertiary/aromatic N) is 2. The van der Waals surface area contributed by atoms with Crippen LogP contribution in [0.15, 0.2) is 17.1 Å². The molecule has 7 heteroatoms. The van der Waals surface area contributed by atoms with Crippen molar-refractivity contribution in [2.45, 2.75) is 142 Å². The third-order valence-corrected chi connectivity index (χ3v) is 7.75. The molecule has 0 bridgehead atoms. The summed E-state index contributed by atoms with van der Waals surface area (Å²) >= 11 is 0. The van der Waals surface area contributed by atoms with Gasteiger partial charge in [-0.1, -0.05) is 109 Å². The Morgan fingerprint density at radius 3 is 1.65 bits per heavy atom. The standard InChI is InChI=1S/C29H57N2.CH4O4S/c1-4-6-7-8-9-10-11-12-13-14-15-16-17-18-19-20-21-22-23-24-25-29-30-26-28-31(29,3)27-5-2;1-5-6(2,3)4/h12-13H,4-11,14-28H2,1-3H3;1H3,(H,2,3,4)/q+1;/p-1/b13-12-;. The highest BCUT2D eigenvalue weighted by Gasteiger charge is 2.31.